The number of hydrogen-bond acceptors (Lipinski definition) is 8. The van der Waals surface area contributed by atoms with Gasteiger partial charge < -0.3 is 19.9 Å². The van der Waals surface area contributed by atoms with Crippen LogP contribution >= 0.6 is 0 Å². The minimum absolute atomic E-state index is 0.0729. The van der Waals surface area contributed by atoms with Gasteiger partial charge in [-0.2, -0.15) is 0 Å². The van der Waals surface area contributed by atoms with Crippen molar-refractivity contribution in [3.63, 3.8) is 0 Å². The standard InChI is InChI=1S/C33H55N3O5/c1-23(38)40-32(41-24(2)39)22-33(35-17-6-5-7-18-35,36-19-15-34-16-20-36)31(4)27-12-14-30(3)13-8-9-26(30)25(27)10-11-28(31)29(32)21-37/h25-29,34,37H,5-22H2,1-4H3/t25?,26?,27?,28?,29?,30-,31+,33?/m0/s1. The average Bonchev–Trinajstić information content (AvgIpc) is 3.35. The first-order chi connectivity index (χ1) is 19.6. The molecule has 2 saturated heterocycles. The van der Waals surface area contributed by atoms with E-state index in [2.05, 4.69) is 29.0 Å². The van der Waals surface area contributed by atoms with Gasteiger partial charge >= 0.3 is 11.9 Å². The molecule has 0 amide bonds. The highest BCUT2D eigenvalue weighted by atomic mass is 16.7. The molecular formula is C33H55N3O5. The fourth-order valence-corrected chi connectivity index (χ4v) is 12.0. The molecule has 0 aromatic heterocycles. The number of esters is 2. The number of aliphatic hydroxyl groups is 1. The summed E-state index contributed by atoms with van der Waals surface area (Å²) in [4.78, 5) is 31.1. The quantitative estimate of drug-likeness (QED) is 0.374. The first-order valence-electron chi connectivity index (χ1n) is 16.8. The molecule has 0 aromatic carbocycles. The van der Waals surface area contributed by atoms with E-state index >= 15 is 0 Å². The van der Waals surface area contributed by atoms with Crippen molar-refractivity contribution < 1.29 is 24.2 Å². The molecule has 8 heteroatoms. The van der Waals surface area contributed by atoms with Crippen molar-refractivity contribution in [2.75, 3.05) is 45.9 Å². The molecule has 6 unspecified atom stereocenters. The molecule has 232 valence electrons. The van der Waals surface area contributed by atoms with Gasteiger partial charge in [-0.25, -0.2) is 0 Å². The molecule has 4 aliphatic carbocycles. The SMILES string of the molecule is CC(=O)OC1(OC(C)=O)CC(N2CCCCC2)(N2CCNCC2)[C@]2(C)C3CC[C@]4(C)CCCC4C3CCC2C1CO. The lowest BCUT2D eigenvalue weighted by atomic mass is 9.39. The Kier molecular flexibility index (Phi) is 8.04. The van der Waals surface area contributed by atoms with Crippen molar-refractivity contribution in [3.8, 4) is 0 Å². The van der Waals surface area contributed by atoms with Crippen molar-refractivity contribution in [1.29, 1.82) is 0 Å². The van der Waals surface area contributed by atoms with E-state index in [9.17, 15) is 14.7 Å². The van der Waals surface area contributed by atoms with Gasteiger partial charge in [0.1, 0.15) is 0 Å². The van der Waals surface area contributed by atoms with Crippen LogP contribution in [0.1, 0.15) is 98.3 Å². The minimum Gasteiger partial charge on any atom is -0.422 e. The maximum atomic E-state index is 12.8. The maximum absolute atomic E-state index is 12.8. The molecule has 8 nitrogen and oxygen atoms in total. The fourth-order valence-electron chi connectivity index (χ4n) is 12.0. The number of nitrogens with zero attached hydrogens (tertiary/aromatic N) is 2. The lowest BCUT2D eigenvalue weighted by Gasteiger charge is -2.74. The molecule has 2 aliphatic heterocycles. The molecule has 0 spiro atoms. The van der Waals surface area contributed by atoms with E-state index in [-0.39, 0.29) is 17.9 Å². The predicted molar refractivity (Wildman–Crippen MR) is 157 cm³/mol. The molecule has 6 fully saturated rings. The number of carbonyl (C=O) groups is 2. The van der Waals surface area contributed by atoms with Gasteiger partial charge in [0.25, 0.3) is 5.79 Å². The van der Waals surface area contributed by atoms with Crippen molar-refractivity contribution >= 4 is 11.9 Å². The highest BCUT2D eigenvalue weighted by Crippen LogP contribution is 2.72. The molecule has 2 heterocycles. The zero-order valence-corrected chi connectivity index (χ0v) is 26.1. The molecule has 6 rings (SSSR count). The summed E-state index contributed by atoms with van der Waals surface area (Å²) in [7, 11) is 0. The summed E-state index contributed by atoms with van der Waals surface area (Å²) < 4.78 is 12.5. The highest BCUT2D eigenvalue weighted by Gasteiger charge is 2.75. The van der Waals surface area contributed by atoms with Crippen LogP contribution in [0.15, 0.2) is 0 Å². The Morgan fingerprint density at radius 2 is 1.46 bits per heavy atom. The van der Waals surface area contributed by atoms with Crippen LogP contribution in [0.4, 0.5) is 0 Å². The molecule has 2 N–H and O–H groups in total. The Morgan fingerprint density at radius 3 is 2.10 bits per heavy atom. The van der Waals surface area contributed by atoms with Gasteiger partial charge in [0.05, 0.1) is 24.6 Å². The molecule has 6 aliphatic rings. The molecule has 0 aromatic rings. The molecular weight excluding hydrogens is 518 g/mol. The Labute approximate surface area is 247 Å². The Hall–Kier alpha value is -1.22. The highest BCUT2D eigenvalue weighted by molar-refractivity contribution is 5.69. The van der Waals surface area contributed by atoms with Crippen molar-refractivity contribution in [2.45, 2.75) is 110 Å². The number of likely N-dealkylation sites (tertiary alicyclic amines) is 1. The fraction of sp³-hybridized carbons (Fsp3) is 0.939. The summed E-state index contributed by atoms with van der Waals surface area (Å²) in [5, 5.41) is 14.7. The molecule has 8 atom stereocenters. The van der Waals surface area contributed by atoms with Crippen molar-refractivity contribution in [1.82, 2.24) is 15.1 Å². The number of nitrogens with one attached hydrogen (secondary N) is 1. The Balaban J connectivity index is 1.57. The Morgan fingerprint density at radius 1 is 0.805 bits per heavy atom. The number of ether oxygens (including phenoxy) is 2. The monoisotopic (exact) mass is 573 g/mol. The van der Waals surface area contributed by atoms with Crippen LogP contribution in [0, 0.1) is 40.4 Å². The smallest absolute Gasteiger partial charge is 0.305 e. The number of rotatable bonds is 5. The third-order valence-corrected chi connectivity index (χ3v) is 13.3. The van der Waals surface area contributed by atoms with E-state index in [1.54, 1.807) is 0 Å². The molecule has 0 bridgehead atoms. The van der Waals surface area contributed by atoms with Crippen LogP contribution in [-0.2, 0) is 19.1 Å². The third-order valence-electron chi connectivity index (χ3n) is 13.3. The van der Waals surface area contributed by atoms with Crippen LogP contribution in [0.5, 0.6) is 0 Å². The second kappa shape index (κ2) is 11.0. The van der Waals surface area contributed by atoms with Gasteiger partial charge in [0.2, 0.25) is 0 Å². The first-order valence-corrected chi connectivity index (χ1v) is 16.8. The lowest BCUT2D eigenvalue weighted by Crippen LogP contribution is -2.82. The van der Waals surface area contributed by atoms with E-state index in [0.717, 1.165) is 70.9 Å². The van der Waals surface area contributed by atoms with Gasteiger partial charge in [0.15, 0.2) is 0 Å². The second-order valence-corrected chi connectivity index (χ2v) is 15.0. The van der Waals surface area contributed by atoms with Gasteiger partial charge in [0, 0.05) is 45.4 Å². The summed E-state index contributed by atoms with van der Waals surface area (Å²) >= 11 is 0. The number of carbonyl (C=O) groups excluding carboxylic acids is 2. The topological polar surface area (TPSA) is 91.3 Å². The average molecular weight is 574 g/mol. The van der Waals surface area contributed by atoms with E-state index in [1.807, 2.05) is 0 Å². The van der Waals surface area contributed by atoms with Crippen LogP contribution in [0.3, 0.4) is 0 Å². The third kappa shape index (κ3) is 4.52. The van der Waals surface area contributed by atoms with Crippen molar-refractivity contribution in [3.05, 3.63) is 0 Å². The second-order valence-electron chi connectivity index (χ2n) is 15.0. The van der Waals surface area contributed by atoms with E-state index < -0.39 is 29.3 Å². The first kappa shape index (κ1) is 29.8. The predicted octanol–water partition coefficient (Wildman–Crippen LogP) is 4.16. The van der Waals surface area contributed by atoms with E-state index in [0.29, 0.717) is 23.7 Å². The summed E-state index contributed by atoms with van der Waals surface area (Å²) in [6.07, 6.45) is 12.6. The molecule has 0 radical (unpaired) electrons. The molecule has 4 saturated carbocycles. The van der Waals surface area contributed by atoms with Gasteiger partial charge in [-0.05, 0) is 93.5 Å². The Bertz CT molecular complexity index is 959. The zero-order valence-electron chi connectivity index (χ0n) is 26.1. The van der Waals surface area contributed by atoms with Gasteiger partial charge in [-0.3, -0.25) is 19.4 Å². The van der Waals surface area contributed by atoms with Crippen molar-refractivity contribution in [2.24, 2.45) is 40.4 Å². The normalized spacial score (nSPS) is 44.8. The zero-order chi connectivity index (χ0) is 29.0. The number of aliphatic hydroxyl groups excluding tert-OH is 1. The van der Waals surface area contributed by atoms with E-state index in [1.165, 1.54) is 52.4 Å². The van der Waals surface area contributed by atoms with E-state index in [4.69, 9.17) is 9.47 Å². The summed E-state index contributed by atoms with van der Waals surface area (Å²) in [5.74, 6) is -0.786. The van der Waals surface area contributed by atoms with Crippen LogP contribution in [0.2, 0.25) is 0 Å². The summed E-state index contributed by atoms with van der Waals surface area (Å²) in [6, 6.07) is 0. The van der Waals surface area contributed by atoms with Crippen LogP contribution in [-0.4, -0.2) is 84.2 Å². The summed E-state index contributed by atoms with van der Waals surface area (Å²) in [6.45, 7) is 13.5. The van der Waals surface area contributed by atoms with Crippen LogP contribution in [0.25, 0.3) is 0 Å². The number of hydrogen-bond donors (Lipinski definition) is 2. The minimum atomic E-state index is -1.48. The number of piperidine rings is 1. The summed E-state index contributed by atoms with van der Waals surface area (Å²) in [5.41, 5.74) is -0.129. The van der Waals surface area contributed by atoms with Crippen LogP contribution < -0.4 is 5.32 Å². The maximum Gasteiger partial charge on any atom is 0.305 e. The van der Waals surface area contributed by atoms with Gasteiger partial charge in [-0.15, -0.1) is 0 Å². The lowest BCUT2D eigenvalue weighted by molar-refractivity contribution is -0.354. The number of piperazine rings is 1. The molecule has 41 heavy (non-hydrogen) atoms. The largest absolute Gasteiger partial charge is 0.422 e. The number of fused-ring (bicyclic) bond motifs is 5. The van der Waals surface area contributed by atoms with Gasteiger partial charge in [-0.1, -0.05) is 26.7 Å².